The van der Waals surface area contributed by atoms with Crippen molar-refractivity contribution in [2.24, 2.45) is 0 Å². The van der Waals surface area contributed by atoms with Crippen molar-refractivity contribution in [3.05, 3.63) is 0 Å². The number of carbonyl (C=O) groups is 1. The first kappa shape index (κ1) is 13.1. The molecule has 0 aliphatic carbocycles. The van der Waals surface area contributed by atoms with Crippen LogP contribution in [0.4, 0.5) is 0 Å². The van der Waals surface area contributed by atoms with E-state index in [4.69, 9.17) is 11.6 Å². The summed E-state index contributed by atoms with van der Waals surface area (Å²) in [6.45, 7) is 2.96. The lowest BCUT2D eigenvalue weighted by Crippen LogP contribution is -2.48. The van der Waals surface area contributed by atoms with Crippen molar-refractivity contribution in [1.82, 2.24) is 10.2 Å². The predicted octanol–water partition coefficient (Wildman–Crippen LogP) is 1.17. The van der Waals surface area contributed by atoms with Crippen LogP contribution in [0.3, 0.4) is 0 Å². The number of piperidine rings is 1. The Kier molecular flexibility index (Phi) is 5.23. The summed E-state index contributed by atoms with van der Waals surface area (Å²) >= 11 is 7.32. The minimum absolute atomic E-state index is 0.0599. The summed E-state index contributed by atoms with van der Waals surface area (Å²) in [5.41, 5.74) is 0. The number of thioether (sulfide) groups is 1. The Balaban J connectivity index is 2.43. The molecule has 1 saturated heterocycles. The third-order valence-electron chi connectivity index (χ3n) is 3.06. The molecule has 0 radical (unpaired) electrons. The number of likely N-dealkylation sites (tertiary alicyclic amines) is 1. The lowest BCUT2D eigenvalue weighted by atomic mass is 9.96. The molecule has 1 fully saturated rings. The van der Waals surface area contributed by atoms with Gasteiger partial charge >= 0.3 is 0 Å². The molecule has 1 amide bonds. The Morgan fingerprint density at radius 3 is 2.60 bits per heavy atom. The molecule has 88 valence electrons. The summed E-state index contributed by atoms with van der Waals surface area (Å²) in [7, 11) is 2.14. The first-order chi connectivity index (χ1) is 7.12. The summed E-state index contributed by atoms with van der Waals surface area (Å²) in [6.07, 6.45) is 4.39. The third kappa shape index (κ3) is 3.85. The van der Waals surface area contributed by atoms with E-state index in [1.54, 1.807) is 0 Å². The van der Waals surface area contributed by atoms with Crippen LogP contribution in [0.1, 0.15) is 12.8 Å². The van der Waals surface area contributed by atoms with Gasteiger partial charge in [0.2, 0.25) is 5.91 Å². The molecular formula is C10H19ClN2OS. The largest absolute Gasteiger partial charge is 0.354 e. The normalized spacial score (nSPS) is 21.3. The van der Waals surface area contributed by atoms with Crippen molar-refractivity contribution in [2.45, 2.75) is 17.6 Å². The number of nitrogens with zero attached hydrogens (tertiary/aromatic N) is 1. The quantitative estimate of drug-likeness (QED) is 0.761. The van der Waals surface area contributed by atoms with Gasteiger partial charge in [0.05, 0.1) is 0 Å². The predicted molar refractivity (Wildman–Crippen MR) is 66.7 cm³/mol. The maximum atomic E-state index is 11.1. The molecule has 0 unspecified atom stereocenters. The van der Waals surface area contributed by atoms with Crippen LogP contribution >= 0.6 is 23.4 Å². The van der Waals surface area contributed by atoms with Crippen molar-refractivity contribution >= 4 is 29.3 Å². The van der Waals surface area contributed by atoms with E-state index < -0.39 is 0 Å². The van der Waals surface area contributed by atoms with Crippen LogP contribution in [0, 0.1) is 0 Å². The molecule has 1 heterocycles. The van der Waals surface area contributed by atoms with Crippen LogP contribution < -0.4 is 5.32 Å². The summed E-state index contributed by atoms with van der Waals surface area (Å²) in [4.78, 5) is 13.4. The van der Waals surface area contributed by atoms with Crippen LogP contribution in [-0.2, 0) is 4.79 Å². The van der Waals surface area contributed by atoms with Gasteiger partial charge in [0.1, 0.15) is 5.88 Å². The number of rotatable bonds is 4. The van der Waals surface area contributed by atoms with E-state index >= 15 is 0 Å². The maximum absolute atomic E-state index is 11.1. The number of halogens is 1. The molecule has 1 aliphatic heterocycles. The molecule has 0 spiro atoms. The van der Waals surface area contributed by atoms with Gasteiger partial charge in [-0.1, -0.05) is 0 Å². The number of hydrogen-bond donors (Lipinski definition) is 1. The molecule has 3 nitrogen and oxygen atoms in total. The zero-order chi connectivity index (χ0) is 11.3. The SMILES string of the molecule is CSC1(CNC(=O)CCl)CCN(C)CC1. The Labute approximate surface area is 101 Å². The Morgan fingerprint density at radius 2 is 2.13 bits per heavy atom. The number of nitrogens with one attached hydrogen (secondary N) is 1. The van der Waals surface area contributed by atoms with Crippen LogP contribution in [0.25, 0.3) is 0 Å². The molecule has 5 heteroatoms. The fourth-order valence-corrected chi connectivity index (χ4v) is 2.69. The number of alkyl halides is 1. The Hall–Kier alpha value is 0.0700. The number of carbonyl (C=O) groups excluding carboxylic acids is 1. The zero-order valence-electron chi connectivity index (χ0n) is 9.38. The molecule has 0 saturated carbocycles. The molecular weight excluding hydrogens is 232 g/mol. The van der Waals surface area contributed by atoms with Crippen LogP contribution in [0.2, 0.25) is 0 Å². The van der Waals surface area contributed by atoms with E-state index in [1.807, 2.05) is 11.8 Å². The molecule has 1 N–H and O–H groups in total. The fourth-order valence-electron chi connectivity index (χ4n) is 1.79. The third-order valence-corrected chi connectivity index (χ3v) is 4.72. The van der Waals surface area contributed by atoms with E-state index in [0.29, 0.717) is 0 Å². The van der Waals surface area contributed by atoms with E-state index in [-0.39, 0.29) is 16.5 Å². The fraction of sp³-hybridized carbons (Fsp3) is 0.900. The highest BCUT2D eigenvalue weighted by Gasteiger charge is 2.32. The van der Waals surface area contributed by atoms with Crippen molar-refractivity contribution < 1.29 is 4.79 Å². The number of hydrogen-bond acceptors (Lipinski definition) is 3. The zero-order valence-corrected chi connectivity index (χ0v) is 11.0. The highest BCUT2D eigenvalue weighted by molar-refractivity contribution is 8.00. The molecule has 0 aromatic heterocycles. The minimum Gasteiger partial charge on any atom is -0.354 e. The number of amides is 1. The first-order valence-corrected chi connectivity index (χ1v) is 6.94. The topological polar surface area (TPSA) is 32.3 Å². The maximum Gasteiger partial charge on any atom is 0.234 e. The summed E-state index contributed by atoms with van der Waals surface area (Å²) < 4.78 is 0.216. The summed E-state index contributed by atoms with van der Waals surface area (Å²) in [5.74, 6) is -0.00584. The van der Waals surface area contributed by atoms with E-state index in [0.717, 1.165) is 32.5 Å². The molecule has 0 atom stereocenters. The molecule has 0 bridgehead atoms. The molecule has 0 aromatic carbocycles. The standard InChI is InChI=1S/C10H19ClN2OS/c1-13-5-3-10(15-2,4-6-13)8-12-9(14)7-11/h3-8H2,1-2H3,(H,12,14). The molecule has 1 aliphatic rings. The minimum atomic E-state index is -0.0657. The van der Waals surface area contributed by atoms with E-state index in [2.05, 4.69) is 23.5 Å². The van der Waals surface area contributed by atoms with Gasteiger partial charge in [-0.3, -0.25) is 4.79 Å². The second-order valence-corrected chi connectivity index (χ2v) is 5.64. The van der Waals surface area contributed by atoms with E-state index in [1.165, 1.54) is 0 Å². The van der Waals surface area contributed by atoms with Gasteiger partial charge in [-0.15, -0.1) is 11.6 Å². The van der Waals surface area contributed by atoms with Crippen LogP contribution in [-0.4, -0.2) is 54.4 Å². The van der Waals surface area contributed by atoms with Crippen molar-refractivity contribution in [2.75, 3.05) is 38.8 Å². The van der Waals surface area contributed by atoms with Gasteiger partial charge in [-0.25, -0.2) is 0 Å². The van der Waals surface area contributed by atoms with Gasteiger partial charge < -0.3 is 10.2 Å². The van der Waals surface area contributed by atoms with Gasteiger partial charge in [0, 0.05) is 11.3 Å². The molecule has 1 rings (SSSR count). The lowest BCUT2D eigenvalue weighted by molar-refractivity contribution is -0.118. The second-order valence-electron chi connectivity index (χ2n) is 4.10. The first-order valence-electron chi connectivity index (χ1n) is 5.18. The Morgan fingerprint density at radius 1 is 1.53 bits per heavy atom. The van der Waals surface area contributed by atoms with Crippen molar-refractivity contribution in [3.8, 4) is 0 Å². The van der Waals surface area contributed by atoms with Crippen LogP contribution in [0.5, 0.6) is 0 Å². The highest BCUT2D eigenvalue weighted by atomic mass is 35.5. The van der Waals surface area contributed by atoms with Gasteiger partial charge in [0.15, 0.2) is 0 Å². The smallest absolute Gasteiger partial charge is 0.234 e. The van der Waals surface area contributed by atoms with Crippen molar-refractivity contribution in [3.63, 3.8) is 0 Å². The van der Waals surface area contributed by atoms with Gasteiger partial charge in [-0.2, -0.15) is 11.8 Å². The summed E-state index contributed by atoms with van der Waals surface area (Å²) in [5, 5.41) is 2.90. The monoisotopic (exact) mass is 250 g/mol. The molecule has 0 aromatic rings. The lowest BCUT2D eigenvalue weighted by Gasteiger charge is -2.39. The summed E-state index contributed by atoms with van der Waals surface area (Å²) in [6, 6.07) is 0. The average Bonchev–Trinajstić information content (AvgIpc) is 2.28. The van der Waals surface area contributed by atoms with E-state index in [9.17, 15) is 4.79 Å². The highest BCUT2D eigenvalue weighted by Crippen LogP contribution is 2.33. The van der Waals surface area contributed by atoms with Crippen LogP contribution in [0.15, 0.2) is 0 Å². The molecule has 15 heavy (non-hydrogen) atoms. The average molecular weight is 251 g/mol. The van der Waals surface area contributed by atoms with Gasteiger partial charge in [0.25, 0.3) is 0 Å². The Bertz CT molecular complexity index is 217. The van der Waals surface area contributed by atoms with Crippen molar-refractivity contribution in [1.29, 1.82) is 0 Å². The second kappa shape index (κ2) is 5.97. The van der Waals surface area contributed by atoms with Gasteiger partial charge in [-0.05, 0) is 39.2 Å².